The summed E-state index contributed by atoms with van der Waals surface area (Å²) in [6, 6.07) is 16.8. The molecule has 0 fully saturated rings. The van der Waals surface area contributed by atoms with Gasteiger partial charge < -0.3 is 9.47 Å². The third-order valence-electron chi connectivity index (χ3n) is 4.35. The molecule has 0 aromatic heterocycles. The molecule has 0 radical (unpaired) electrons. The van der Waals surface area contributed by atoms with Crippen molar-refractivity contribution in [3.05, 3.63) is 93.5 Å². The first-order valence-electron chi connectivity index (χ1n) is 9.27. The maximum atomic E-state index is 12.8. The van der Waals surface area contributed by atoms with Crippen molar-refractivity contribution >= 4 is 17.6 Å². The lowest BCUT2D eigenvalue weighted by molar-refractivity contribution is -0.384. The zero-order valence-electron chi connectivity index (χ0n) is 16.8. The van der Waals surface area contributed by atoms with Gasteiger partial charge in [-0.2, -0.15) is 18.3 Å². The van der Waals surface area contributed by atoms with E-state index in [1.165, 1.54) is 13.3 Å². The summed E-state index contributed by atoms with van der Waals surface area (Å²) in [4.78, 5) is 10.2. The molecule has 0 spiro atoms. The van der Waals surface area contributed by atoms with E-state index in [1.807, 2.05) is 30.3 Å². The van der Waals surface area contributed by atoms with Crippen LogP contribution in [0.4, 0.5) is 24.5 Å². The van der Waals surface area contributed by atoms with Gasteiger partial charge in [-0.15, -0.1) is 0 Å². The molecule has 32 heavy (non-hydrogen) atoms. The van der Waals surface area contributed by atoms with Gasteiger partial charge in [-0.05, 0) is 41.5 Å². The number of methoxy groups -OCH3 is 1. The van der Waals surface area contributed by atoms with Gasteiger partial charge in [-0.3, -0.25) is 15.5 Å². The van der Waals surface area contributed by atoms with E-state index in [0.29, 0.717) is 29.7 Å². The summed E-state index contributed by atoms with van der Waals surface area (Å²) in [7, 11) is 1.48. The minimum Gasteiger partial charge on any atom is -0.493 e. The van der Waals surface area contributed by atoms with Gasteiger partial charge in [0.05, 0.1) is 23.8 Å². The third-order valence-corrected chi connectivity index (χ3v) is 4.35. The Kier molecular flexibility index (Phi) is 6.93. The van der Waals surface area contributed by atoms with Crippen molar-refractivity contribution in [1.82, 2.24) is 0 Å². The Bertz CT molecular complexity index is 1120. The Morgan fingerprint density at radius 2 is 1.81 bits per heavy atom. The average Bonchev–Trinajstić information content (AvgIpc) is 2.78. The van der Waals surface area contributed by atoms with Crippen molar-refractivity contribution < 1.29 is 27.6 Å². The van der Waals surface area contributed by atoms with Crippen LogP contribution in [0.1, 0.15) is 16.7 Å². The topological polar surface area (TPSA) is 86.0 Å². The van der Waals surface area contributed by atoms with E-state index in [0.717, 1.165) is 17.7 Å². The van der Waals surface area contributed by atoms with Crippen LogP contribution in [-0.4, -0.2) is 18.2 Å². The predicted molar refractivity (Wildman–Crippen MR) is 113 cm³/mol. The van der Waals surface area contributed by atoms with E-state index in [9.17, 15) is 23.3 Å². The first-order valence-corrected chi connectivity index (χ1v) is 9.27. The fourth-order valence-corrected chi connectivity index (χ4v) is 2.75. The second-order valence-electron chi connectivity index (χ2n) is 6.54. The molecule has 0 atom stereocenters. The number of benzene rings is 3. The summed E-state index contributed by atoms with van der Waals surface area (Å²) in [5.41, 5.74) is 1.95. The maximum absolute atomic E-state index is 12.8. The second-order valence-corrected chi connectivity index (χ2v) is 6.54. The van der Waals surface area contributed by atoms with Crippen LogP contribution in [0.3, 0.4) is 0 Å². The highest BCUT2D eigenvalue weighted by Gasteiger charge is 2.33. The molecule has 0 aliphatic rings. The van der Waals surface area contributed by atoms with Crippen molar-refractivity contribution in [2.24, 2.45) is 5.10 Å². The zero-order valence-corrected chi connectivity index (χ0v) is 16.8. The Hall–Kier alpha value is -4.08. The molecule has 0 saturated heterocycles. The molecule has 0 heterocycles. The SMILES string of the molecule is COc1cc(C=NNc2ccc(C(F)(F)F)cc2[N+](=O)[O-])ccc1OCc1ccccc1. The number of nitro benzene ring substituents is 1. The molecule has 0 unspecified atom stereocenters. The van der Waals surface area contributed by atoms with Gasteiger partial charge in [-0.25, -0.2) is 0 Å². The van der Waals surface area contributed by atoms with Crippen LogP contribution >= 0.6 is 0 Å². The van der Waals surface area contributed by atoms with E-state index in [-0.39, 0.29) is 5.69 Å². The van der Waals surface area contributed by atoms with Crippen molar-refractivity contribution in [3.63, 3.8) is 0 Å². The Morgan fingerprint density at radius 3 is 2.47 bits per heavy atom. The number of hydrogen-bond acceptors (Lipinski definition) is 6. The molecule has 10 heteroatoms. The van der Waals surface area contributed by atoms with E-state index >= 15 is 0 Å². The van der Waals surface area contributed by atoms with Gasteiger partial charge in [0.1, 0.15) is 12.3 Å². The highest BCUT2D eigenvalue weighted by atomic mass is 19.4. The second kappa shape index (κ2) is 9.82. The molecule has 0 aliphatic carbocycles. The van der Waals surface area contributed by atoms with Crippen LogP contribution in [0.15, 0.2) is 71.8 Å². The molecule has 166 valence electrons. The Labute approximate surface area is 181 Å². The van der Waals surface area contributed by atoms with Gasteiger partial charge in [-0.1, -0.05) is 30.3 Å². The number of hydrogen-bond donors (Lipinski definition) is 1. The first kappa shape index (κ1) is 22.6. The highest BCUT2D eigenvalue weighted by Crippen LogP contribution is 2.35. The van der Waals surface area contributed by atoms with Crippen molar-refractivity contribution in [1.29, 1.82) is 0 Å². The van der Waals surface area contributed by atoms with Gasteiger partial charge in [0.15, 0.2) is 11.5 Å². The van der Waals surface area contributed by atoms with Crippen LogP contribution in [0, 0.1) is 10.1 Å². The van der Waals surface area contributed by atoms with Gasteiger partial charge in [0, 0.05) is 6.07 Å². The third kappa shape index (κ3) is 5.75. The lowest BCUT2D eigenvalue weighted by Crippen LogP contribution is -2.06. The van der Waals surface area contributed by atoms with Crippen molar-refractivity contribution in [2.45, 2.75) is 12.8 Å². The van der Waals surface area contributed by atoms with E-state index in [2.05, 4.69) is 10.5 Å². The number of ether oxygens (including phenoxy) is 2. The predicted octanol–water partition coefficient (Wildman–Crippen LogP) is 5.65. The van der Waals surface area contributed by atoms with Crippen LogP contribution in [0.5, 0.6) is 11.5 Å². The standard InChI is InChI=1S/C22H18F3N3O4/c1-31-21-11-16(7-10-20(21)32-14-15-5-3-2-4-6-15)13-26-27-18-9-8-17(22(23,24)25)12-19(18)28(29)30/h2-13,27H,14H2,1H3. The lowest BCUT2D eigenvalue weighted by Gasteiger charge is -2.11. The van der Waals surface area contributed by atoms with Gasteiger partial charge >= 0.3 is 6.18 Å². The van der Waals surface area contributed by atoms with Crippen LogP contribution in [-0.2, 0) is 12.8 Å². The monoisotopic (exact) mass is 445 g/mol. The first-order chi connectivity index (χ1) is 15.3. The molecule has 7 nitrogen and oxygen atoms in total. The molecule has 0 bridgehead atoms. The summed E-state index contributed by atoms with van der Waals surface area (Å²) in [5, 5.41) is 15.0. The van der Waals surface area contributed by atoms with Crippen LogP contribution in [0.25, 0.3) is 0 Å². The zero-order chi connectivity index (χ0) is 23.1. The number of halogens is 3. The molecule has 0 saturated carbocycles. The molecule has 1 N–H and O–H groups in total. The van der Waals surface area contributed by atoms with E-state index in [4.69, 9.17) is 9.47 Å². The Balaban J connectivity index is 1.72. The molecule has 3 rings (SSSR count). The minimum atomic E-state index is -4.69. The molecular weight excluding hydrogens is 427 g/mol. The highest BCUT2D eigenvalue weighted by molar-refractivity contribution is 5.82. The summed E-state index contributed by atoms with van der Waals surface area (Å²) in [6.07, 6.45) is -3.33. The van der Waals surface area contributed by atoms with Crippen LogP contribution in [0.2, 0.25) is 0 Å². The average molecular weight is 445 g/mol. The normalized spacial score (nSPS) is 11.4. The van der Waals surface area contributed by atoms with Gasteiger partial charge in [0.25, 0.3) is 5.69 Å². The largest absolute Gasteiger partial charge is 0.493 e. The summed E-state index contributed by atoms with van der Waals surface area (Å²) in [5.74, 6) is 0.963. The van der Waals surface area contributed by atoms with E-state index in [1.54, 1.807) is 18.2 Å². The fraction of sp³-hybridized carbons (Fsp3) is 0.136. The smallest absolute Gasteiger partial charge is 0.416 e. The quantitative estimate of drug-likeness (QED) is 0.275. The fourth-order valence-electron chi connectivity index (χ4n) is 2.75. The number of hydrazone groups is 1. The molecule has 3 aromatic carbocycles. The number of alkyl halides is 3. The molecule has 0 amide bonds. The number of nitrogens with zero attached hydrogens (tertiary/aromatic N) is 2. The summed E-state index contributed by atoms with van der Waals surface area (Å²) >= 11 is 0. The van der Waals surface area contributed by atoms with E-state index < -0.39 is 22.4 Å². The molecule has 3 aromatic rings. The summed E-state index contributed by atoms with van der Waals surface area (Å²) in [6.45, 7) is 0.351. The summed E-state index contributed by atoms with van der Waals surface area (Å²) < 4.78 is 49.5. The van der Waals surface area contributed by atoms with Gasteiger partial charge in [0.2, 0.25) is 0 Å². The number of nitrogens with one attached hydrogen (secondary N) is 1. The number of rotatable bonds is 8. The maximum Gasteiger partial charge on any atom is 0.416 e. The Morgan fingerprint density at radius 1 is 1.06 bits per heavy atom. The minimum absolute atomic E-state index is 0.172. The van der Waals surface area contributed by atoms with Crippen LogP contribution < -0.4 is 14.9 Å². The molecule has 0 aliphatic heterocycles. The lowest BCUT2D eigenvalue weighted by atomic mass is 10.1. The number of anilines is 1. The molecular formula is C22H18F3N3O4. The van der Waals surface area contributed by atoms with Crippen molar-refractivity contribution in [2.75, 3.05) is 12.5 Å². The number of nitro groups is 1. The van der Waals surface area contributed by atoms with Crippen molar-refractivity contribution in [3.8, 4) is 11.5 Å².